The Balaban J connectivity index is 2.30. The minimum absolute atomic E-state index is 0.0133. The first-order valence-corrected chi connectivity index (χ1v) is 5.81. The highest BCUT2D eigenvalue weighted by Gasteiger charge is 2.39. The van der Waals surface area contributed by atoms with Crippen molar-refractivity contribution in [3.05, 3.63) is 35.6 Å². The maximum Gasteiger partial charge on any atom is 0.169 e. The molecule has 86 valence electrons. The second kappa shape index (κ2) is 4.00. The first kappa shape index (κ1) is 11.3. The number of ketones is 1. The van der Waals surface area contributed by atoms with E-state index in [9.17, 15) is 9.18 Å². The average Bonchev–Trinajstić information content (AvgIpc) is 2.58. The lowest BCUT2D eigenvalue weighted by atomic mass is 9.77. The van der Waals surface area contributed by atoms with E-state index in [0.717, 1.165) is 19.3 Å². The van der Waals surface area contributed by atoms with Gasteiger partial charge in [-0.3, -0.25) is 4.79 Å². The van der Waals surface area contributed by atoms with Crippen LogP contribution in [0.15, 0.2) is 24.3 Å². The van der Waals surface area contributed by atoms with Gasteiger partial charge in [-0.2, -0.15) is 0 Å². The number of hydrogen-bond donors (Lipinski definition) is 0. The van der Waals surface area contributed by atoms with Crippen LogP contribution in [0.5, 0.6) is 0 Å². The first-order chi connectivity index (χ1) is 7.52. The van der Waals surface area contributed by atoms with Gasteiger partial charge in [-0.1, -0.05) is 32.4 Å². The summed E-state index contributed by atoms with van der Waals surface area (Å²) < 4.78 is 13.5. The first-order valence-electron chi connectivity index (χ1n) is 5.81. The zero-order valence-corrected chi connectivity index (χ0v) is 9.79. The quantitative estimate of drug-likeness (QED) is 0.692. The molecule has 2 rings (SSSR count). The van der Waals surface area contributed by atoms with Gasteiger partial charge in [-0.15, -0.1) is 0 Å². The molecule has 1 fully saturated rings. The van der Waals surface area contributed by atoms with E-state index in [4.69, 9.17) is 0 Å². The summed E-state index contributed by atoms with van der Waals surface area (Å²) in [5.74, 6) is -0.444. The van der Waals surface area contributed by atoms with Crippen molar-refractivity contribution in [2.24, 2.45) is 11.3 Å². The fourth-order valence-electron chi connectivity index (χ4n) is 2.66. The van der Waals surface area contributed by atoms with E-state index in [1.54, 1.807) is 18.2 Å². The van der Waals surface area contributed by atoms with Crippen LogP contribution in [-0.2, 0) is 0 Å². The smallest absolute Gasteiger partial charge is 0.169 e. The molecule has 0 aromatic heterocycles. The summed E-state index contributed by atoms with van der Waals surface area (Å²) in [6.45, 7) is 4.20. The summed E-state index contributed by atoms with van der Waals surface area (Å²) in [6.07, 6.45) is 3.01. The number of Topliss-reactive ketones (excluding diaryl/α,β-unsaturated/α-hetero) is 1. The molecular weight excluding hydrogens is 203 g/mol. The molecule has 1 atom stereocenters. The van der Waals surface area contributed by atoms with E-state index in [2.05, 4.69) is 13.8 Å². The van der Waals surface area contributed by atoms with Crippen LogP contribution in [0, 0.1) is 17.2 Å². The van der Waals surface area contributed by atoms with Crippen LogP contribution in [0.25, 0.3) is 0 Å². The van der Waals surface area contributed by atoms with E-state index in [1.807, 2.05) is 0 Å². The van der Waals surface area contributed by atoms with Crippen molar-refractivity contribution >= 4 is 5.78 Å². The molecule has 1 saturated carbocycles. The molecule has 0 spiro atoms. The summed E-state index contributed by atoms with van der Waals surface area (Å²) >= 11 is 0. The Morgan fingerprint density at radius 2 is 2.06 bits per heavy atom. The third-order valence-electron chi connectivity index (χ3n) is 3.71. The van der Waals surface area contributed by atoms with Gasteiger partial charge in [-0.05, 0) is 30.4 Å². The summed E-state index contributed by atoms with van der Waals surface area (Å²) in [6, 6.07) is 6.28. The van der Waals surface area contributed by atoms with Crippen LogP contribution < -0.4 is 0 Å². The minimum atomic E-state index is -0.393. The van der Waals surface area contributed by atoms with Crippen LogP contribution >= 0.6 is 0 Å². The van der Waals surface area contributed by atoms with Crippen molar-refractivity contribution in [1.29, 1.82) is 0 Å². The summed E-state index contributed by atoms with van der Waals surface area (Å²) in [4.78, 5) is 12.2. The normalized spacial score (nSPS) is 23.3. The summed E-state index contributed by atoms with van der Waals surface area (Å²) in [7, 11) is 0. The molecule has 16 heavy (non-hydrogen) atoms. The molecule has 1 aliphatic carbocycles. The van der Waals surface area contributed by atoms with Gasteiger partial charge < -0.3 is 0 Å². The maximum absolute atomic E-state index is 13.5. The van der Waals surface area contributed by atoms with Crippen LogP contribution in [0.2, 0.25) is 0 Å². The number of hydrogen-bond acceptors (Lipinski definition) is 1. The Hall–Kier alpha value is -1.18. The Morgan fingerprint density at radius 3 is 2.62 bits per heavy atom. The molecule has 0 aliphatic heterocycles. The minimum Gasteiger partial charge on any atom is -0.294 e. The lowest BCUT2D eigenvalue weighted by molar-refractivity contribution is 0.0835. The Morgan fingerprint density at radius 1 is 1.38 bits per heavy atom. The van der Waals surface area contributed by atoms with Gasteiger partial charge in [0.1, 0.15) is 5.82 Å². The van der Waals surface area contributed by atoms with Crippen molar-refractivity contribution in [2.45, 2.75) is 33.1 Å². The van der Waals surface area contributed by atoms with Crippen LogP contribution in [-0.4, -0.2) is 5.78 Å². The van der Waals surface area contributed by atoms with Crippen molar-refractivity contribution in [3.8, 4) is 0 Å². The number of benzene rings is 1. The van der Waals surface area contributed by atoms with Gasteiger partial charge in [0.15, 0.2) is 5.78 Å². The number of halogens is 1. The second-order valence-corrected chi connectivity index (χ2v) is 5.28. The second-order valence-electron chi connectivity index (χ2n) is 5.28. The molecule has 0 saturated heterocycles. The molecule has 0 radical (unpaired) electrons. The van der Waals surface area contributed by atoms with Gasteiger partial charge in [0.2, 0.25) is 0 Å². The van der Waals surface area contributed by atoms with Crippen LogP contribution in [0.4, 0.5) is 4.39 Å². The molecule has 1 unspecified atom stereocenters. The molecule has 0 amide bonds. The fraction of sp³-hybridized carbons (Fsp3) is 0.500. The zero-order chi connectivity index (χ0) is 11.8. The predicted octanol–water partition coefficient (Wildman–Crippen LogP) is 3.83. The third-order valence-corrected chi connectivity index (χ3v) is 3.71. The molecule has 1 nitrogen and oxygen atoms in total. The van der Waals surface area contributed by atoms with Crippen molar-refractivity contribution in [3.63, 3.8) is 0 Å². The highest BCUT2D eigenvalue weighted by molar-refractivity contribution is 5.98. The molecule has 1 aromatic carbocycles. The largest absolute Gasteiger partial charge is 0.294 e. The standard InChI is InChI=1S/C14H17FO/c1-14(2)9-5-7-11(14)13(16)10-6-3-4-8-12(10)15/h3-4,6,8,11H,5,7,9H2,1-2H3. The molecule has 0 bridgehead atoms. The Bertz CT molecular complexity index is 409. The molecule has 1 aliphatic rings. The van der Waals surface area contributed by atoms with Gasteiger partial charge in [0.05, 0.1) is 5.56 Å². The van der Waals surface area contributed by atoms with E-state index < -0.39 is 5.82 Å². The van der Waals surface area contributed by atoms with Gasteiger partial charge >= 0.3 is 0 Å². The fourth-order valence-corrected chi connectivity index (χ4v) is 2.66. The van der Waals surface area contributed by atoms with Crippen LogP contribution in [0.1, 0.15) is 43.5 Å². The molecule has 0 heterocycles. The molecule has 1 aromatic rings. The summed E-state index contributed by atoms with van der Waals surface area (Å²) in [5.41, 5.74) is 0.266. The van der Waals surface area contributed by atoms with E-state index in [0.29, 0.717) is 0 Å². The van der Waals surface area contributed by atoms with E-state index in [1.165, 1.54) is 6.07 Å². The lowest BCUT2D eigenvalue weighted by Crippen LogP contribution is -2.26. The van der Waals surface area contributed by atoms with Gasteiger partial charge in [-0.25, -0.2) is 4.39 Å². The molecular formula is C14H17FO. The van der Waals surface area contributed by atoms with Crippen molar-refractivity contribution in [2.75, 3.05) is 0 Å². The number of carbonyl (C=O) groups excluding carboxylic acids is 1. The highest BCUT2D eigenvalue weighted by Crippen LogP contribution is 2.44. The number of carbonyl (C=O) groups is 1. The SMILES string of the molecule is CC1(C)CCCC1C(=O)c1ccccc1F. The Labute approximate surface area is 95.7 Å². The van der Waals surface area contributed by atoms with E-state index in [-0.39, 0.29) is 22.7 Å². The van der Waals surface area contributed by atoms with Gasteiger partial charge in [0, 0.05) is 5.92 Å². The monoisotopic (exact) mass is 220 g/mol. The number of rotatable bonds is 2. The molecule has 2 heteroatoms. The molecule has 0 N–H and O–H groups in total. The predicted molar refractivity (Wildman–Crippen MR) is 61.9 cm³/mol. The highest BCUT2D eigenvalue weighted by atomic mass is 19.1. The van der Waals surface area contributed by atoms with Crippen LogP contribution in [0.3, 0.4) is 0 Å². The average molecular weight is 220 g/mol. The maximum atomic E-state index is 13.5. The van der Waals surface area contributed by atoms with Crippen molar-refractivity contribution in [1.82, 2.24) is 0 Å². The topological polar surface area (TPSA) is 17.1 Å². The van der Waals surface area contributed by atoms with Crippen molar-refractivity contribution < 1.29 is 9.18 Å². The summed E-state index contributed by atoms with van der Waals surface area (Å²) in [5, 5.41) is 0. The lowest BCUT2D eigenvalue weighted by Gasteiger charge is -2.25. The Kier molecular flexibility index (Phi) is 2.83. The van der Waals surface area contributed by atoms with Gasteiger partial charge in [0.25, 0.3) is 0 Å². The van der Waals surface area contributed by atoms with E-state index >= 15 is 0 Å². The third kappa shape index (κ3) is 1.89. The zero-order valence-electron chi connectivity index (χ0n) is 9.79.